The van der Waals surface area contributed by atoms with Crippen molar-refractivity contribution in [1.29, 1.82) is 5.26 Å². The van der Waals surface area contributed by atoms with Crippen molar-refractivity contribution in [2.24, 2.45) is 5.73 Å². The largest absolute Gasteiger partial charge is 0.454 e. The van der Waals surface area contributed by atoms with Gasteiger partial charge in [-0.15, -0.1) is 5.10 Å². The molecule has 26 heavy (non-hydrogen) atoms. The number of hydrogen-bond donors (Lipinski definition) is 2. The summed E-state index contributed by atoms with van der Waals surface area (Å²) in [5, 5.41) is 17.4. The minimum absolute atomic E-state index is 0.0345. The SMILES string of the molecule is CCCCc1[nH]nc2c1[C@@H](c1cc3c(cc1Cl)OCO3)C(C#N)=C(N)O2. The van der Waals surface area contributed by atoms with E-state index in [-0.39, 0.29) is 12.7 Å². The van der Waals surface area contributed by atoms with E-state index in [4.69, 9.17) is 31.5 Å². The first-order chi connectivity index (χ1) is 12.6. The molecule has 2 aliphatic heterocycles. The van der Waals surface area contributed by atoms with Gasteiger partial charge in [-0.2, -0.15) is 5.26 Å². The minimum atomic E-state index is -0.476. The van der Waals surface area contributed by atoms with E-state index >= 15 is 0 Å². The summed E-state index contributed by atoms with van der Waals surface area (Å²) in [5.74, 6) is 1.11. The second kappa shape index (κ2) is 6.46. The first kappa shape index (κ1) is 16.6. The van der Waals surface area contributed by atoms with Gasteiger partial charge in [-0.1, -0.05) is 24.9 Å². The van der Waals surface area contributed by atoms with Gasteiger partial charge < -0.3 is 19.9 Å². The van der Waals surface area contributed by atoms with Crippen molar-refractivity contribution in [3.63, 3.8) is 0 Å². The number of nitrogens with zero attached hydrogens (tertiary/aromatic N) is 2. The normalized spacial score (nSPS) is 17.7. The van der Waals surface area contributed by atoms with Crippen LogP contribution in [0.5, 0.6) is 17.4 Å². The number of aryl methyl sites for hydroxylation is 1. The van der Waals surface area contributed by atoms with Crippen LogP contribution in [-0.2, 0) is 6.42 Å². The van der Waals surface area contributed by atoms with E-state index in [1.807, 2.05) is 0 Å². The summed E-state index contributed by atoms with van der Waals surface area (Å²) >= 11 is 6.52. The van der Waals surface area contributed by atoms with Crippen LogP contribution in [0.15, 0.2) is 23.6 Å². The third kappa shape index (κ3) is 2.54. The zero-order valence-electron chi connectivity index (χ0n) is 14.1. The molecule has 7 nitrogen and oxygen atoms in total. The second-order valence-electron chi connectivity index (χ2n) is 6.18. The Morgan fingerprint density at radius 2 is 2.15 bits per heavy atom. The van der Waals surface area contributed by atoms with Gasteiger partial charge in [0.25, 0.3) is 0 Å². The average Bonchev–Trinajstić information content (AvgIpc) is 3.24. The van der Waals surface area contributed by atoms with E-state index in [0.717, 1.165) is 30.5 Å². The van der Waals surface area contributed by atoms with E-state index in [9.17, 15) is 5.26 Å². The lowest BCUT2D eigenvalue weighted by Crippen LogP contribution is -2.21. The third-order valence-corrected chi connectivity index (χ3v) is 4.93. The van der Waals surface area contributed by atoms with Gasteiger partial charge in [0.15, 0.2) is 11.5 Å². The number of halogens is 1. The molecule has 0 fully saturated rings. The Kier molecular flexibility index (Phi) is 4.13. The molecule has 3 heterocycles. The summed E-state index contributed by atoms with van der Waals surface area (Å²) < 4.78 is 16.4. The number of nitriles is 1. The van der Waals surface area contributed by atoms with Crippen molar-refractivity contribution in [2.75, 3.05) is 6.79 Å². The van der Waals surface area contributed by atoms with E-state index in [1.165, 1.54) is 0 Å². The van der Waals surface area contributed by atoms with Crippen molar-refractivity contribution in [2.45, 2.75) is 32.1 Å². The van der Waals surface area contributed by atoms with Gasteiger partial charge in [-0.3, -0.25) is 5.10 Å². The highest BCUT2D eigenvalue weighted by Crippen LogP contribution is 2.48. The Balaban J connectivity index is 1.89. The zero-order chi connectivity index (χ0) is 18.3. The first-order valence-corrected chi connectivity index (χ1v) is 8.75. The summed E-state index contributed by atoms with van der Waals surface area (Å²) in [7, 11) is 0. The van der Waals surface area contributed by atoms with Gasteiger partial charge in [0.2, 0.25) is 18.6 Å². The Hall–Kier alpha value is -2.85. The Bertz CT molecular complexity index is 945. The molecule has 0 spiro atoms. The highest BCUT2D eigenvalue weighted by Gasteiger charge is 2.37. The van der Waals surface area contributed by atoms with Crippen LogP contribution >= 0.6 is 11.6 Å². The topological polar surface area (TPSA) is 106 Å². The van der Waals surface area contributed by atoms with Crippen molar-refractivity contribution < 1.29 is 14.2 Å². The van der Waals surface area contributed by atoms with Gasteiger partial charge in [0.1, 0.15) is 11.6 Å². The maximum absolute atomic E-state index is 9.71. The number of ether oxygens (including phenoxy) is 3. The first-order valence-electron chi connectivity index (χ1n) is 8.37. The smallest absolute Gasteiger partial charge is 0.244 e. The van der Waals surface area contributed by atoms with Crippen LogP contribution in [0.3, 0.4) is 0 Å². The lowest BCUT2D eigenvalue weighted by molar-refractivity contribution is 0.174. The summed E-state index contributed by atoms with van der Waals surface area (Å²) in [6.07, 6.45) is 2.81. The van der Waals surface area contributed by atoms with Gasteiger partial charge in [0, 0.05) is 16.8 Å². The molecule has 2 aliphatic rings. The molecule has 0 aliphatic carbocycles. The lowest BCUT2D eigenvalue weighted by atomic mass is 9.83. The van der Waals surface area contributed by atoms with Crippen molar-refractivity contribution in [3.05, 3.63) is 45.4 Å². The number of hydrogen-bond acceptors (Lipinski definition) is 6. The summed E-state index contributed by atoms with van der Waals surface area (Å²) in [5.41, 5.74) is 8.71. The predicted octanol–water partition coefficient (Wildman–Crippen LogP) is 3.35. The van der Waals surface area contributed by atoms with Crippen molar-refractivity contribution in [1.82, 2.24) is 10.2 Å². The molecule has 0 saturated heterocycles. The Morgan fingerprint density at radius 3 is 2.88 bits per heavy atom. The molecule has 3 N–H and O–H groups in total. The van der Waals surface area contributed by atoms with Crippen LogP contribution < -0.4 is 19.9 Å². The van der Waals surface area contributed by atoms with Gasteiger partial charge in [-0.05, 0) is 24.5 Å². The number of allylic oxidation sites excluding steroid dienone is 1. The van der Waals surface area contributed by atoms with E-state index in [1.54, 1.807) is 12.1 Å². The zero-order valence-corrected chi connectivity index (χ0v) is 14.9. The molecule has 4 rings (SSSR count). The molecule has 8 heteroatoms. The summed E-state index contributed by atoms with van der Waals surface area (Å²) in [6, 6.07) is 5.67. The maximum atomic E-state index is 9.71. The third-order valence-electron chi connectivity index (χ3n) is 4.60. The highest BCUT2D eigenvalue weighted by molar-refractivity contribution is 6.31. The van der Waals surface area contributed by atoms with Gasteiger partial charge >= 0.3 is 0 Å². The molecule has 0 amide bonds. The van der Waals surface area contributed by atoms with Crippen LogP contribution in [0.1, 0.15) is 42.5 Å². The standard InChI is InChI=1S/C18H17ClN4O3/c1-2-3-4-12-16-15(10(7-20)17(21)26-18(16)23-22-12)9-5-13-14(6-11(9)19)25-8-24-13/h5-6,15H,2-4,8,21H2,1H3,(H,22,23)/t15-/m0/s1. The molecule has 0 radical (unpaired) electrons. The number of nitrogens with two attached hydrogens (primary N) is 1. The molecular weight excluding hydrogens is 356 g/mol. The summed E-state index contributed by atoms with van der Waals surface area (Å²) in [6.45, 7) is 2.26. The fourth-order valence-corrected chi connectivity index (χ4v) is 3.58. The molecule has 0 unspecified atom stereocenters. The number of nitrogens with one attached hydrogen (secondary N) is 1. The number of rotatable bonds is 4. The van der Waals surface area contributed by atoms with Crippen LogP contribution in [0.4, 0.5) is 0 Å². The van der Waals surface area contributed by atoms with E-state index in [0.29, 0.717) is 33.5 Å². The number of fused-ring (bicyclic) bond motifs is 2. The van der Waals surface area contributed by atoms with E-state index in [2.05, 4.69) is 23.2 Å². The molecule has 0 bridgehead atoms. The van der Waals surface area contributed by atoms with Crippen molar-refractivity contribution >= 4 is 11.6 Å². The Morgan fingerprint density at radius 1 is 1.38 bits per heavy atom. The number of H-pyrrole nitrogens is 1. The summed E-state index contributed by atoms with van der Waals surface area (Å²) in [4.78, 5) is 0. The van der Waals surface area contributed by atoms with Crippen LogP contribution in [-0.4, -0.2) is 17.0 Å². The molecule has 1 atom stereocenters. The molecule has 2 aromatic rings. The van der Waals surface area contributed by atoms with Crippen LogP contribution in [0.2, 0.25) is 5.02 Å². The quantitative estimate of drug-likeness (QED) is 0.852. The Labute approximate surface area is 155 Å². The second-order valence-corrected chi connectivity index (χ2v) is 6.58. The number of unbranched alkanes of at least 4 members (excludes halogenated alkanes) is 1. The highest BCUT2D eigenvalue weighted by atomic mass is 35.5. The van der Waals surface area contributed by atoms with Crippen molar-refractivity contribution in [3.8, 4) is 23.4 Å². The van der Waals surface area contributed by atoms with Gasteiger partial charge in [-0.25, -0.2) is 0 Å². The molecule has 1 aromatic heterocycles. The number of aromatic nitrogens is 2. The molecule has 1 aromatic carbocycles. The number of aromatic amines is 1. The van der Waals surface area contributed by atoms with Crippen LogP contribution in [0.25, 0.3) is 0 Å². The minimum Gasteiger partial charge on any atom is -0.454 e. The fourth-order valence-electron chi connectivity index (χ4n) is 3.32. The van der Waals surface area contributed by atoms with Gasteiger partial charge in [0.05, 0.1) is 11.5 Å². The maximum Gasteiger partial charge on any atom is 0.244 e. The van der Waals surface area contributed by atoms with E-state index < -0.39 is 5.92 Å². The molecule has 0 saturated carbocycles. The fraction of sp³-hybridized carbons (Fsp3) is 0.333. The van der Waals surface area contributed by atoms with Crippen LogP contribution in [0, 0.1) is 11.3 Å². The molecule has 134 valence electrons. The average molecular weight is 373 g/mol. The predicted molar refractivity (Wildman–Crippen MR) is 94.1 cm³/mol. The molecular formula is C18H17ClN4O3. The number of benzene rings is 1. The monoisotopic (exact) mass is 372 g/mol. The lowest BCUT2D eigenvalue weighted by Gasteiger charge is -2.25.